The Morgan fingerprint density at radius 1 is 1.31 bits per heavy atom. The summed E-state index contributed by atoms with van der Waals surface area (Å²) in [5.74, 6) is -1.39. The van der Waals surface area contributed by atoms with E-state index in [1.807, 2.05) is 0 Å². The van der Waals surface area contributed by atoms with Gasteiger partial charge < -0.3 is 20.7 Å². The second-order valence-corrected chi connectivity index (χ2v) is 6.23. The number of hydrogen-bond acceptors (Lipinski definition) is 5. The molecule has 1 aromatic heterocycles. The molecule has 0 saturated carbocycles. The molecule has 0 amide bonds. The van der Waals surface area contributed by atoms with E-state index < -0.39 is 11.5 Å². The van der Waals surface area contributed by atoms with Crippen LogP contribution in [0.2, 0.25) is 0 Å². The van der Waals surface area contributed by atoms with Gasteiger partial charge in [0.15, 0.2) is 0 Å². The Hall–Kier alpha value is -3.06. The summed E-state index contributed by atoms with van der Waals surface area (Å²) in [6, 6.07) is 4.50. The highest BCUT2D eigenvalue weighted by Crippen LogP contribution is 2.30. The number of hydrogen-bond donors (Lipinski definition) is 3. The van der Waals surface area contributed by atoms with Gasteiger partial charge in [0.25, 0.3) is 5.56 Å². The predicted molar refractivity (Wildman–Crippen MR) is 98.0 cm³/mol. The normalized spacial score (nSPS) is 14.2. The third kappa shape index (κ3) is 2.86. The summed E-state index contributed by atoms with van der Waals surface area (Å²) in [6.07, 6.45) is 2.28. The van der Waals surface area contributed by atoms with E-state index in [0.29, 0.717) is 36.4 Å². The average Bonchev–Trinajstić information content (AvgIpc) is 2.61. The number of aromatic hydroxyl groups is 1. The van der Waals surface area contributed by atoms with Crippen molar-refractivity contribution in [2.75, 3.05) is 18.9 Å². The highest BCUT2D eigenvalue weighted by Gasteiger charge is 2.23. The van der Waals surface area contributed by atoms with Gasteiger partial charge in [-0.2, -0.15) is 0 Å². The molecule has 0 radical (unpaired) electrons. The van der Waals surface area contributed by atoms with Gasteiger partial charge in [-0.15, -0.1) is 0 Å². The monoisotopic (exact) mass is 356 g/mol. The first-order valence-electron chi connectivity index (χ1n) is 8.18. The van der Waals surface area contributed by atoms with E-state index in [1.54, 1.807) is 26.0 Å². The van der Waals surface area contributed by atoms with Crippen LogP contribution in [-0.2, 0) is 4.74 Å². The Kier molecular flexibility index (Phi) is 4.56. The number of phenolic OH excluding ortho intramolecular Hbond substituents is 1. The van der Waals surface area contributed by atoms with Gasteiger partial charge in [-0.1, -0.05) is 12.1 Å². The van der Waals surface area contributed by atoms with Crippen LogP contribution in [-0.4, -0.2) is 34.0 Å². The maximum Gasteiger partial charge on any atom is 0.339 e. The minimum Gasteiger partial charge on any atom is -0.508 e. The number of phenols is 1. The Bertz CT molecular complexity index is 988. The number of carbonyl (C=O) groups is 1. The number of pyridine rings is 1. The standard InChI is InChI=1S/C19H20N2O5/c1-10-3-4-15(22)11(2)16(10)21-17(20)14(19(24)25)9-13(18(21)23)12-5-7-26-8-6-12/h3-5,9,22H,6-8,20H2,1-2H3,(H,24,25). The fourth-order valence-corrected chi connectivity index (χ4v) is 3.19. The van der Waals surface area contributed by atoms with Gasteiger partial charge in [0.05, 0.1) is 18.9 Å². The fourth-order valence-electron chi connectivity index (χ4n) is 3.19. The number of nitrogens with zero attached hydrogens (tertiary/aromatic N) is 1. The summed E-state index contributed by atoms with van der Waals surface area (Å²) in [5.41, 5.74) is 8.03. The number of aryl methyl sites for hydroxylation is 1. The van der Waals surface area contributed by atoms with E-state index in [9.17, 15) is 19.8 Å². The van der Waals surface area contributed by atoms with Crippen molar-refractivity contribution >= 4 is 17.4 Å². The Morgan fingerprint density at radius 2 is 2.04 bits per heavy atom. The lowest BCUT2D eigenvalue weighted by molar-refractivity contribution is 0.0697. The summed E-state index contributed by atoms with van der Waals surface area (Å²) >= 11 is 0. The number of rotatable bonds is 3. The number of carboxylic acid groups (broad SMARTS) is 1. The molecule has 0 unspecified atom stereocenters. The van der Waals surface area contributed by atoms with Gasteiger partial charge >= 0.3 is 5.97 Å². The van der Waals surface area contributed by atoms with Crippen LogP contribution in [0.4, 0.5) is 5.82 Å². The molecule has 0 fully saturated rings. The van der Waals surface area contributed by atoms with Crippen LogP contribution in [0.5, 0.6) is 5.75 Å². The van der Waals surface area contributed by atoms with E-state index in [0.717, 1.165) is 5.57 Å². The van der Waals surface area contributed by atoms with Crippen LogP contribution in [0.3, 0.4) is 0 Å². The highest BCUT2D eigenvalue weighted by molar-refractivity contribution is 5.94. The van der Waals surface area contributed by atoms with Gasteiger partial charge in [0.1, 0.15) is 17.1 Å². The fraction of sp³-hybridized carbons (Fsp3) is 0.263. The van der Waals surface area contributed by atoms with E-state index in [2.05, 4.69) is 0 Å². The van der Waals surface area contributed by atoms with E-state index in [1.165, 1.54) is 16.7 Å². The number of aromatic carboxylic acids is 1. The van der Waals surface area contributed by atoms with Gasteiger partial charge in [-0.05, 0) is 43.5 Å². The smallest absolute Gasteiger partial charge is 0.339 e. The van der Waals surface area contributed by atoms with E-state index in [-0.39, 0.29) is 22.7 Å². The van der Waals surface area contributed by atoms with Crippen LogP contribution in [0.1, 0.15) is 33.5 Å². The first-order chi connectivity index (χ1) is 12.3. The molecule has 0 aliphatic carbocycles. The molecule has 0 saturated heterocycles. The average molecular weight is 356 g/mol. The third-order valence-corrected chi connectivity index (χ3v) is 4.61. The van der Waals surface area contributed by atoms with Crippen molar-refractivity contribution in [2.24, 2.45) is 0 Å². The maximum atomic E-state index is 13.2. The molecule has 7 nitrogen and oxygen atoms in total. The van der Waals surface area contributed by atoms with Crippen LogP contribution in [0, 0.1) is 13.8 Å². The topological polar surface area (TPSA) is 115 Å². The molecule has 1 aromatic carbocycles. The SMILES string of the molecule is Cc1ccc(O)c(C)c1-n1c(N)c(C(=O)O)cc(C2=CCOCC2)c1=O. The zero-order chi connectivity index (χ0) is 19.0. The number of nitrogen functional groups attached to an aromatic ring is 1. The van der Waals surface area contributed by atoms with Crippen LogP contribution >= 0.6 is 0 Å². The zero-order valence-corrected chi connectivity index (χ0v) is 14.6. The van der Waals surface area contributed by atoms with Gasteiger partial charge in [-0.25, -0.2) is 4.79 Å². The van der Waals surface area contributed by atoms with Crippen molar-refractivity contribution in [2.45, 2.75) is 20.3 Å². The Morgan fingerprint density at radius 3 is 2.65 bits per heavy atom. The molecular formula is C19H20N2O5. The molecule has 1 aliphatic heterocycles. The van der Waals surface area contributed by atoms with Crippen molar-refractivity contribution < 1.29 is 19.7 Å². The van der Waals surface area contributed by atoms with Crippen molar-refractivity contribution in [1.82, 2.24) is 4.57 Å². The van der Waals surface area contributed by atoms with Gasteiger partial charge in [0.2, 0.25) is 0 Å². The van der Waals surface area contributed by atoms with Crippen LogP contribution in [0.15, 0.2) is 29.1 Å². The minimum absolute atomic E-state index is 0.00413. The molecule has 2 aromatic rings. The summed E-state index contributed by atoms with van der Waals surface area (Å²) in [4.78, 5) is 24.9. The van der Waals surface area contributed by atoms with Crippen molar-refractivity contribution in [1.29, 1.82) is 0 Å². The summed E-state index contributed by atoms with van der Waals surface area (Å²) in [5, 5.41) is 19.6. The third-order valence-electron chi connectivity index (χ3n) is 4.61. The molecule has 0 atom stereocenters. The molecular weight excluding hydrogens is 336 g/mol. The number of carboxylic acids is 1. The molecule has 1 aliphatic rings. The quantitative estimate of drug-likeness (QED) is 0.777. The van der Waals surface area contributed by atoms with Crippen molar-refractivity contribution in [3.63, 3.8) is 0 Å². The first-order valence-corrected chi connectivity index (χ1v) is 8.18. The van der Waals surface area contributed by atoms with E-state index >= 15 is 0 Å². The highest BCUT2D eigenvalue weighted by atomic mass is 16.5. The molecule has 0 bridgehead atoms. The Labute approximate surface area is 150 Å². The van der Waals surface area contributed by atoms with E-state index in [4.69, 9.17) is 10.5 Å². The van der Waals surface area contributed by atoms with Gasteiger partial charge in [-0.3, -0.25) is 9.36 Å². The maximum absolute atomic E-state index is 13.2. The Balaban J connectivity index is 2.41. The molecule has 7 heteroatoms. The number of aromatic nitrogens is 1. The number of ether oxygens (including phenoxy) is 1. The lowest BCUT2D eigenvalue weighted by Crippen LogP contribution is -2.28. The molecule has 3 rings (SSSR count). The molecule has 0 spiro atoms. The largest absolute Gasteiger partial charge is 0.508 e. The summed E-state index contributed by atoms with van der Waals surface area (Å²) in [7, 11) is 0. The predicted octanol–water partition coefficient (Wildman–Crippen LogP) is 2.24. The minimum atomic E-state index is -1.22. The zero-order valence-electron chi connectivity index (χ0n) is 14.6. The summed E-state index contributed by atoms with van der Waals surface area (Å²) < 4.78 is 6.45. The van der Waals surface area contributed by atoms with Crippen LogP contribution in [0.25, 0.3) is 11.3 Å². The van der Waals surface area contributed by atoms with Crippen molar-refractivity contribution in [3.8, 4) is 11.4 Å². The number of anilines is 1. The first kappa shape index (κ1) is 17.8. The lowest BCUT2D eigenvalue weighted by Gasteiger charge is -2.20. The second-order valence-electron chi connectivity index (χ2n) is 6.23. The second kappa shape index (κ2) is 6.68. The van der Waals surface area contributed by atoms with Crippen LogP contribution < -0.4 is 11.3 Å². The van der Waals surface area contributed by atoms with Crippen molar-refractivity contribution in [3.05, 3.63) is 56.9 Å². The summed E-state index contributed by atoms with van der Waals surface area (Å²) in [6.45, 7) is 4.26. The molecule has 2 heterocycles. The molecule has 26 heavy (non-hydrogen) atoms. The van der Waals surface area contributed by atoms with Gasteiger partial charge in [0, 0.05) is 11.1 Å². The number of nitrogens with two attached hydrogens (primary N) is 1. The number of benzene rings is 1. The molecule has 136 valence electrons. The molecule has 4 N–H and O–H groups in total. The lowest BCUT2D eigenvalue weighted by atomic mass is 9.99.